The maximum absolute atomic E-state index is 14.2. The molecule has 4 aliphatic rings. The van der Waals surface area contributed by atoms with Crippen molar-refractivity contribution >= 4 is 22.0 Å². The van der Waals surface area contributed by atoms with E-state index in [-0.39, 0.29) is 23.4 Å². The highest BCUT2D eigenvalue weighted by atomic mass is 32.2. The fourth-order valence-corrected chi connectivity index (χ4v) is 10.00. The Hall–Kier alpha value is -3.60. The van der Waals surface area contributed by atoms with E-state index in [4.69, 9.17) is 13.9 Å². The van der Waals surface area contributed by atoms with E-state index in [2.05, 4.69) is 0 Å². The van der Waals surface area contributed by atoms with Crippen molar-refractivity contribution in [3.05, 3.63) is 83.3 Å². The number of furan rings is 1. The molecule has 9 nitrogen and oxygen atoms in total. The highest BCUT2D eigenvalue weighted by Crippen LogP contribution is 2.66. The van der Waals surface area contributed by atoms with E-state index in [0.29, 0.717) is 42.7 Å². The minimum Gasteiger partial charge on any atom is -0.493 e. The quantitative estimate of drug-likeness (QED) is 0.436. The van der Waals surface area contributed by atoms with Crippen molar-refractivity contribution < 1.29 is 32.2 Å². The number of amides is 1. The molecule has 1 spiro atoms. The average molecular weight is 591 g/mol. The fourth-order valence-electron chi connectivity index (χ4n) is 8.11. The van der Waals surface area contributed by atoms with Gasteiger partial charge >= 0.3 is 0 Å². The van der Waals surface area contributed by atoms with E-state index in [9.17, 15) is 18.3 Å². The molecule has 2 aliphatic carbocycles. The first kappa shape index (κ1) is 27.2. The summed E-state index contributed by atoms with van der Waals surface area (Å²) < 4.78 is 47.4. The fraction of sp³-hybridized carbons (Fsp3) is 0.406. The summed E-state index contributed by atoms with van der Waals surface area (Å²) in [4.78, 5) is 15.3. The number of aryl methyl sites for hydroxylation is 1. The Kier molecular flexibility index (Phi) is 6.13. The SMILES string of the molecule is COc1ccc2c3c1O[C@H]1[C@H](N(C)C(=O)/C=C\c4ccoc4)CC[C@@]4(O)[C@@H](C2)N(S(=O)(=O)c2ccccc2C)CC[C@]314. The number of nitrogens with zero attached hydrogens (tertiary/aromatic N) is 2. The summed E-state index contributed by atoms with van der Waals surface area (Å²) >= 11 is 0. The lowest BCUT2D eigenvalue weighted by molar-refractivity contribution is -0.186. The normalized spacial score (nSPS) is 29.7. The number of likely N-dealkylation sites (N-methyl/N-ethyl adjacent to an activating group) is 1. The molecular formula is C32H34N2O7S. The summed E-state index contributed by atoms with van der Waals surface area (Å²) in [5, 5.41) is 12.8. The summed E-state index contributed by atoms with van der Waals surface area (Å²) in [5.74, 6) is 0.969. The Morgan fingerprint density at radius 2 is 2.00 bits per heavy atom. The van der Waals surface area contributed by atoms with Crippen LogP contribution in [0.2, 0.25) is 0 Å². The number of hydrogen-bond acceptors (Lipinski definition) is 7. The van der Waals surface area contributed by atoms with Crippen LogP contribution in [0.15, 0.2) is 70.4 Å². The lowest BCUT2D eigenvalue weighted by Crippen LogP contribution is -2.78. The Balaban J connectivity index is 1.32. The summed E-state index contributed by atoms with van der Waals surface area (Å²) in [5.41, 5.74) is 0.995. The van der Waals surface area contributed by atoms with Gasteiger partial charge < -0.3 is 23.9 Å². The van der Waals surface area contributed by atoms with Crippen molar-refractivity contribution in [1.82, 2.24) is 9.21 Å². The molecule has 3 aromatic rings. The van der Waals surface area contributed by atoms with E-state index in [1.54, 1.807) is 68.8 Å². The molecule has 5 atom stereocenters. The molecule has 0 unspecified atom stereocenters. The summed E-state index contributed by atoms with van der Waals surface area (Å²) in [6.45, 7) is 2.02. The Morgan fingerprint density at radius 3 is 2.74 bits per heavy atom. The van der Waals surface area contributed by atoms with Gasteiger partial charge in [0.05, 0.1) is 47.6 Å². The van der Waals surface area contributed by atoms with Gasteiger partial charge in [0.15, 0.2) is 11.5 Å². The van der Waals surface area contributed by atoms with Crippen molar-refractivity contribution in [3.8, 4) is 11.5 Å². The van der Waals surface area contributed by atoms with Crippen molar-refractivity contribution in [2.75, 3.05) is 20.7 Å². The smallest absolute Gasteiger partial charge is 0.246 e. The first-order valence-electron chi connectivity index (χ1n) is 14.3. The van der Waals surface area contributed by atoms with Crippen LogP contribution >= 0.6 is 0 Å². The number of aliphatic hydroxyl groups is 1. The second kappa shape index (κ2) is 9.45. The van der Waals surface area contributed by atoms with Gasteiger partial charge in [-0.25, -0.2) is 8.42 Å². The number of sulfonamides is 1. The van der Waals surface area contributed by atoms with Crippen molar-refractivity contribution in [1.29, 1.82) is 0 Å². The minimum atomic E-state index is -3.90. The lowest BCUT2D eigenvalue weighted by atomic mass is 9.48. The summed E-state index contributed by atoms with van der Waals surface area (Å²) in [7, 11) is -0.549. The van der Waals surface area contributed by atoms with Crippen LogP contribution in [-0.2, 0) is 26.7 Å². The predicted molar refractivity (Wildman–Crippen MR) is 155 cm³/mol. The predicted octanol–water partition coefficient (Wildman–Crippen LogP) is 3.68. The molecule has 1 amide bonds. The van der Waals surface area contributed by atoms with Crippen LogP contribution in [0, 0.1) is 6.92 Å². The van der Waals surface area contributed by atoms with Crippen LogP contribution < -0.4 is 9.47 Å². The monoisotopic (exact) mass is 590 g/mol. The molecule has 2 bridgehead atoms. The molecule has 1 saturated heterocycles. The van der Waals surface area contributed by atoms with Crippen molar-refractivity contribution in [2.24, 2.45) is 0 Å². The third kappa shape index (κ3) is 3.55. The molecule has 2 aliphatic heterocycles. The van der Waals surface area contributed by atoms with Crippen LogP contribution in [0.5, 0.6) is 11.5 Å². The topological polar surface area (TPSA) is 110 Å². The van der Waals surface area contributed by atoms with Gasteiger partial charge in [-0.05, 0) is 68.0 Å². The number of rotatable bonds is 6. The van der Waals surface area contributed by atoms with Gasteiger partial charge in [0.2, 0.25) is 15.9 Å². The van der Waals surface area contributed by atoms with E-state index < -0.39 is 33.2 Å². The Morgan fingerprint density at radius 1 is 1.19 bits per heavy atom. The standard InChI is InChI=1S/C32H34N2O7S/c1-20-6-4-5-7-25(20)42(37,38)34-16-15-31-28-22-9-10-24(39-3)29(28)41-30(31)23(12-14-32(31,36)26(34)18-22)33(2)27(35)11-8-21-13-17-40-19-21/h4-11,13,17,19,23,26,30,36H,12,14-16,18H2,1-3H3/b11-8-/t23-,26-,30+,31+,32-/m1/s1. The zero-order valence-electron chi connectivity index (χ0n) is 23.8. The molecule has 1 N–H and O–H groups in total. The second-order valence-corrected chi connectivity index (χ2v) is 13.7. The van der Waals surface area contributed by atoms with Crippen molar-refractivity contribution in [2.45, 2.75) is 66.7 Å². The number of hydrogen-bond donors (Lipinski definition) is 1. The van der Waals surface area contributed by atoms with Crippen LogP contribution in [0.25, 0.3) is 6.08 Å². The van der Waals surface area contributed by atoms with Gasteiger partial charge in [-0.2, -0.15) is 4.31 Å². The van der Waals surface area contributed by atoms with E-state index in [1.165, 1.54) is 10.4 Å². The van der Waals surface area contributed by atoms with E-state index in [0.717, 1.165) is 16.7 Å². The largest absolute Gasteiger partial charge is 0.493 e. The number of carbonyl (C=O) groups excluding carboxylic acids is 1. The number of carbonyl (C=O) groups is 1. The molecule has 0 radical (unpaired) electrons. The molecule has 7 rings (SSSR count). The van der Waals surface area contributed by atoms with Gasteiger partial charge in [-0.3, -0.25) is 4.79 Å². The Bertz CT molecular complexity index is 1700. The molecule has 1 aromatic heterocycles. The molecule has 2 fully saturated rings. The third-order valence-electron chi connectivity index (χ3n) is 10.1. The number of piperidine rings is 1. The third-order valence-corrected chi connectivity index (χ3v) is 12.1. The number of ether oxygens (including phenoxy) is 2. The maximum atomic E-state index is 14.2. The number of benzene rings is 2. The molecule has 3 heterocycles. The van der Waals surface area contributed by atoms with Gasteiger partial charge in [0.25, 0.3) is 0 Å². The lowest BCUT2D eigenvalue weighted by Gasteiger charge is -2.64. The summed E-state index contributed by atoms with van der Waals surface area (Å²) in [6, 6.07) is 11.5. The first-order valence-corrected chi connectivity index (χ1v) is 15.7. The first-order chi connectivity index (χ1) is 20.1. The van der Waals surface area contributed by atoms with Crippen LogP contribution in [0.3, 0.4) is 0 Å². The molecule has 2 aromatic carbocycles. The highest BCUT2D eigenvalue weighted by molar-refractivity contribution is 7.89. The van der Waals surface area contributed by atoms with Crippen LogP contribution in [0.4, 0.5) is 0 Å². The Labute approximate surface area is 245 Å². The second-order valence-electron chi connectivity index (χ2n) is 11.9. The van der Waals surface area contributed by atoms with Crippen LogP contribution in [0.1, 0.15) is 41.5 Å². The average Bonchev–Trinajstić information content (AvgIpc) is 3.61. The zero-order valence-corrected chi connectivity index (χ0v) is 24.6. The number of methoxy groups -OCH3 is 1. The molecule has 1 saturated carbocycles. The van der Waals surface area contributed by atoms with Crippen LogP contribution in [-0.4, -0.2) is 73.1 Å². The van der Waals surface area contributed by atoms with Gasteiger partial charge in [0, 0.05) is 30.8 Å². The molecule has 10 heteroatoms. The minimum absolute atomic E-state index is 0.193. The van der Waals surface area contributed by atoms with Gasteiger partial charge in [-0.1, -0.05) is 24.3 Å². The van der Waals surface area contributed by atoms with Gasteiger partial charge in [-0.15, -0.1) is 0 Å². The van der Waals surface area contributed by atoms with E-state index >= 15 is 0 Å². The zero-order chi connectivity index (χ0) is 29.4. The van der Waals surface area contributed by atoms with E-state index in [1.807, 2.05) is 18.2 Å². The maximum Gasteiger partial charge on any atom is 0.246 e. The highest BCUT2D eigenvalue weighted by Gasteiger charge is 2.74. The van der Waals surface area contributed by atoms with Crippen molar-refractivity contribution in [3.63, 3.8) is 0 Å². The molecular weight excluding hydrogens is 556 g/mol. The van der Waals surface area contributed by atoms with Gasteiger partial charge in [0.1, 0.15) is 6.10 Å². The molecule has 220 valence electrons. The molecule has 42 heavy (non-hydrogen) atoms. The summed E-state index contributed by atoms with van der Waals surface area (Å²) in [6.07, 6.45) is 7.24.